The van der Waals surface area contributed by atoms with Crippen molar-refractivity contribution in [1.29, 1.82) is 0 Å². The van der Waals surface area contributed by atoms with E-state index in [9.17, 15) is 19.2 Å². The summed E-state index contributed by atoms with van der Waals surface area (Å²) in [6, 6.07) is 0. The first-order valence-electron chi connectivity index (χ1n) is 12.5. The highest BCUT2D eigenvalue weighted by atomic mass is 16.6. The lowest BCUT2D eigenvalue weighted by Crippen LogP contribution is -2.44. The van der Waals surface area contributed by atoms with Gasteiger partial charge in [0.15, 0.2) is 0 Å². The Kier molecular flexibility index (Phi) is 20.3. The molecule has 0 aromatic heterocycles. The summed E-state index contributed by atoms with van der Waals surface area (Å²) in [6.07, 6.45) is 1.63. The van der Waals surface area contributed by atoms with Crippen molar-refractivity contribution >= 4 is 23.8 Å². The number of carbonyl (C=O) groups is 4. The van der Waals surface area contributed by atoms with Gasteiger partial charge in [-0.1, -0.05) is 13.8 Å². The van der Waals surface area contributed by atoms with Crippen molar-refractivity contribution < 1.29 is 57.1 Å². The summed E-state index contributed by atoms with van der Waals surface area (Å²) in [5, 5.41) is 2.77. The molecule has 1 N–H and O–H groups in total. The van der Waals surface area contributed by atoms with E-state index >= 15 is 0 Å². The molecule has 0 saturated carbocycles. The fraction of sp³-hybridized carbons (Fsp3) is 0.840. The molecular weight excluding hydrogens is 506 g/mol. The molecule has 0 aromatic carbocycles. The minimum Gasteiger partial charge on any atom is -0.467 e. The van der Waals surface area contributed by atoms with Gasteiger partial charge in [0.1, 0.15) is 26.4 Å². The molecule has 1 amide bonds. The van der Waals surface area contributed by atoms with Gasteiger partial charge >= 0.3 is 17.9 Å². The minimum absolute atomic E-state index is 0.00787. The van der Waals surface area contributed by atoms with Crippen molar-refractivity contribution in [3.63, 3.8) is 0 Å². The second kappa shape index (κ2) is 21.6. The Labute approximate surface area is 225 Å². The Morgan fingerprint density at radius 2 is 1.08 bits per heavy atom. The van der Waals surface area contributed by atoms with Crippen LogP contribution in [0.2, 0.25) is 0 Å². The Morgan fingerprint density at radius 3 is 1.47 bits per heavy atom. The average Bonchev–Trinajstić information content (AvgIpc) is 2.87. The van der Waals surface area contributed by atoms with Crippen LogP contribution in [0.4, 0.5) is 0 Å². The first-order chi connectivity index (χ1) is 18.1. The van der Waals surface area contributed by atoms with Crippen molar-refractivity contribution in [3.05, 3.63) is 0 Å². The molecule has 38 heavy (non-hydrogen) atoms. The summed E-state index contributed by atoms with van der Waals surface area (Å²) in [6.45, 7) is 5.47. The summed E-state index contributed by atoms with van der Waals surface area (Å²) in [4.78, 5) is 46.8. The number of amides is 1. The average molecular weight is 552 g/mol. The molecule has 0 radical (unpaired) electrons. The monoisotopic (exact) mass is 551 g/mol. The molecule has 1 unspecified atom stereocenters. The predicted octanol–water partition coefficient (Wildman–Crippen LogP) is 0.516. The maximum Gasteiger partial charge on any atom is 0.331 e. The summed E-state index contributed by atoms with van der Waals surface area (Å²) < 4.78 is 41.4. The lowest BCUT2D eigenvalue weighted by Gasteiger charge is -2.32. The number of ether oxygens (including phenoxy) is 8. The zero-order valence-electron chi connectivity index (χ0n) is 23.5. The van der Waals surface area contributed by atoms with E-state index in [1.54, 1.807) is 0 Å². The van der Waals surface area contributed by atoms with Gasteiger partial charge < -0.3 is 43.2 Å². The number of nitrogens with one attached hydrogen (secondary N) is 1. The first kappa shape index (κ1) is 35.7. The van der Waals surface area contributed by atoms with Gasteiger partial charge in [0, 0.05) is 13.2 Å². The van der Waals surface area contributed by atoms with Crippen LogP contribution in [-0.2, 0) is 57.1 Å². The predicted molar refractivity (Wildman–Crippen MR) is 134 cm³/mol. The third-order valence-electron chi connectivity index (χ3n) is 5.18. The summed E-state index contributed by atoms with van der Waals surface area (Å²) in [5.41, 5.74) is -1.09. The SMILES string of the molecule is COC(=O)COCC(COCC(=O)NCCC(C)OCCC(C)C)(COCC(=O)OC)COCC(=O)OC. The second-order valence-electron chi connectivity index (χ2n) is 9.20. The normalized spacial score (nSPS) is 12.2. The molecule has 0 saturated heterocycles. The quantitative estimate of drug-likeness (QED) is 0.139. The van der Waals surface area contributed by atoms with E-state index in [-0.39, 0.29) is 64.9 Å². The maximum absolute atomic E-state index is 12.3. The van der Waals surface area contributed by atoms with Crippen LogP contribution in [0, 0.1) is 11.3 Å². The maximum atomic E-state index is 12.3. The Balaban J connectivity index is 4.98. The molecule has 13 heteroatoms. The van der Waals surface area contributed by atoms with Crippen LogP contribution in [0.3, 0.4) is 0 Å². The molecule has 13 nitrogen and oxygen atoms in total. The van der Waals surface area contributed by atoms with Crippen LogP contribution in [0.5, 0.6) is 0 Å². The van der Waals surface area contributed by atoms with E-state index in [0.29, 0.717) is 25.5 Å². The molecule has 0 aliphatic carbocycles. The van der Waals surface area contributed by atoms with Crippen LogP contribution < -0.4 is 5.32 Å². The molecule has 0 spiro atoms. The number of esters is 3. The lowest BCUT2D eigenvalue weighted by atomic mass is 9.92. The number of hydrogen-bond acceptors (Lipinski definition) is 12. The fourth-order valence-corrected chi connectivity index (χ4v) is 2.89. The van der Waals surface area contributed by atoms with Crippen LogP contribution in [-0.4, -0.2) is 117 Å². The topological polar surface area (TPSA) is 154 Å². The molecule has 0 bridgehead atoms. The van der Waals surface area contributed by atoms with E-state index in [0.717, 1.165) is 6.42 Å². The summed E-state index contributed by atoms with van der Waals surface area (Å²) in [5.74, 6) is -1.59. The number of hydrogen-bond donors (Lipinski definition) is 1. The van der Waals surface area contributed by atoms with Gasteiger partial charge in [-0.15, -0.1) is 0 Å². The highest BCUT2D eigenvalue weighted by molar-refractivity contribution is 5.77. The highest BCUT2D eigenvalue weighted by Gasteiger charge is 2.34. The van der Waals surface area contributed by atoms with Crippen molar-refractivity contribution in [2.75, 3.05) is 87.3 Å². The van der Waals surface area contributed by atoms with Gasteiger partial charge in [0.2, 0.25) is 5.91 Å². The molecule has 0 heterocycles. The van der Waals surface area contributed by atoms with Crippen molar-refractivity contribution in [1.82, 2.24) is 5.32 Å². The van der Waals surface area contributed by atoms with Gasteiger partial charge in [-0.2, -0.15) is 0 Å². The molecular formula is C25H45NO12. The molecule has 0 aliphatic rings. The van der Waals surface area contributed by atoms with Crippen LogP contribution in [0.15, 0.2) is 0 Å². The largest absolute Gasteiger partial charge is 0.467 e. The van der Waals surface area contributed by atoms with E-state index in [1.807, 2.05) is 6.92 Å². The Morgan fingerprint density at radius 1 is 0.658 bits per heavy atom. The van der Waals surface area contributed by atoms with Gasteiger partial charge in [-0.3, -0.25) is 4.79 Å². The van der Waals surface area contributed by atoms with Gasteiger partial charge in [-0.25, -0.2) is 14.4 Å². The number of methoxy groups -OCH3 is 3. The van der Waals surface area contributed by atoms with E-state index in [4.69, 9.17) is 23.7 Å². The minimum atomic E-state index is -1.09. The van der Waals surface area contributed by atoms with E-state index in [1.165, 1.54) is 21.3 Å². The van der Waals surface area contributed by atoms with Crippen molar-refractivity contribution in [2.45, 2.75) is 39.7 Å². The third kappa shape index (κ3) is 18.9. The molecule has 1 atom stereocenters. The zero-order chi connectivity index (χ0) is 28.8. The highest BCUT2D eigenvalue weighted by Crippen LogP contribution is 2.21. The summed E-state index contributed by atoms with van der Waals surface area (Å²) in [7, 11) is 3.66. The Hall–Kier alpha value is -2.32. The van der Waals surface area contributed by atoms with E-state index < -0.39 is 23.3 Å². The van der Waals surface area contributed by atoms with Gasteiger partial charge in [0.05, 0.1) is 59.3 Å². The summed E-state index contributed by atoms with van der Waals surface area (Å²) >= 11 is 0. The van der Waals surface area contributed by atoms with Gasteiger partial charge in [-0.05, 0) is 25.7 Å². The molecule has 0 aromatic rings. The van der Waals surface area contributed by atoms with Crippen LogP contribution >= 0.6 is 0 Å². The molecule has 0 rings (SSSR count). The van der Waals surface area contributed by atoms with Crippen molar-refractivity contribution in [3.8, 4) is 0 Å². The van der Waals surface area contributed by atoms with Crippen LogP contribution in [0.1, 0.15) is 33.6 Å². The second-order valence-corrected chi connectivity index (χ2v) is 9.20. The fourth-order valence-electron chi connectivity index (χ4n) is 2.89. The standard InChI is InChI=1S/C25H45NO12/c1-19(2)8-10-38-20(3)7-9-26-21(27)11-34-15-25(16-35-12-22(28)31-4,17-36-13-23(29)32-5)18-37-14-24(30)33-6/h19-20H,7-18H2,1-6H3,(H,26,27). The third-order valence-corrected chi connectivity index (χ3v) is 5.18. The van der Waals surface area contributed by atoms with E-state index in [2.05, 4.69) is 33.4 Å². The smallest absolute Gasteiger partial charge is 0.331 e. The number of carbonyl (C=O) groups excluding carboxylic acids is 4. The molecule has 222 valence electrons. The van der Waals surface area contributed by atoms with Crippen LogP contribution in [0.25, 0.3) is 0 Å². The van der Waals surface area contributed by atoms with Gasteiger partial charge in [0.25, 0.3) is 0 Å². The van der Waals surface area contributed by atoms with Crippen molar-refractivity contribution in [2.24, 2.45) is 11.3 Å². The Bertz CT molecular complexity index is 630. The molecule has 0 aliphatic heterocycles. The molecule has 0 fully saturated rings. The first-order valence-corrected chi connectivity index (χ1v) is 12.5. The zero-order valence-corrected chi connectivity index (χ0v) is 23.5. The lowest BCUT2D eigenvalue weighted by molar-refractivity contribution is -0.159. The number of rotatable bonds is 23.